The van der Waals surface area contributed by atoms with Gasteiger partial charge in [-0.3, -0.25) is 9.78 Å². The Hall–Kier alpha value is -2.44. The van der Waals surface area contributed by atoms with Gasteiger partial charge in [-0.2, -0.15) is 13.2 Å². The number of nitrogens with one attached hydrogen (secondary N) is 1. The van der Waals surface area contributed by atoms with Crippen molar-refractivity contribution in [2.75, 3.05) is 6.54 Å². The summed E-state index contributed by atoms with van der Waals surface area (Å²) in [5.41, 5.74) is -1.61. The third-order valence-electron chi connectivity index (χ3n) is 2.54. The second kappa shape index (κ2) is 5.28. The summed E-state index contributed by atoms with van der Waals surface area (Å²) in [5, 5.41) is 2.67. The Morgan fingerprint density at radius 3 is 2.85 bits per heavy atom. The third-order valence-corrected chi connectivity index (χ3v) is 2.54. The fraction of sp³-hybridized carbons (Fsp3) is 0.154. The molecule has 0 aliphatic rings. The van der Waals surface area contributed by atoms with E-state index < -0.39 is 23.3 Å². The number of halogens is 3. The summed E-state index contributed by atoms with van der Waals surface area (Å²) < 4.78 is 38.9. The van der Waals surface area contributed by atoms with Crippen molar-refractivity contribution >= 4 is 16.8 Å². The number of alkyl halides is 3. The van der Waals surface area contributed by atoms with Crippen molar-refractivity contribution in [1.29, 1.82) is 0 Å². The predicted octanol–water partition coefficient (Wildman–Crippen LogP) is 2.56. The second-order valence-corrected chi connectivity index (χ2v) is 3.95. The van der Waals surface area contributed by atoms with Crippen LogP contribution >= 0.6 is 0 Å². The van der Waals surface area contributed by atoms with E-state index in [0.29, 0.717) is 5.39 Å². The number of carbonyl (C=O) groups is 1. The van der Waals surface area contributed by atoms with Crippen molar-refractivity contribution in [3.8, 4) is 0 Å². The average Bonchev–Trinajstić information content (AvgIpc) is 2.42. The van der Waals surface area contributed by atoms with Crippen LogP contribution in [-0.2, 0) is 6.18 Å². The molecule has 0 aromatic carbocycles. The molecule has 104 valence electrons. The van der Waals surface area contributed by atoms with Crippen molar-refractivity contribution in [2.45, 2.75) is 6.18 Å². The predicted molar refractivity (Wildman–Crippen MR) is 67.1 cm³/mol. The van der Waals surface area contributed by atoms with E-state index in [9.17, 15) is 18.0 Å². The van der Waals surface area contributed by atoms with Gasteiger partial charge in [0.25, 0.3) is 5.91 Å². The SMILES string of the molecule is C=CCNC(=O)c1cc2cnccc2nc1C(F)(F)F. The molecule has 7 heteroatoms. The number of carbonyl (C=O) groups excluding carboxylic acids is 1. The summed E-state index contributed by atoms with van der Waals surface area (Å²) in [5.74, 6) is -0.851. The summed E-state index contributed by atoms with van der Waals surface area (Å²) in [4.78, 5) is 19.1. The van der Waals surface area contributed by atoms with Crippen LogP contribution in [0.5, 0.6) is 0 Å². The van der Waals surface area contributed by atoms with Crippen LogP contribution in [0.1, 0.15) is 16.1 Å². The van der Waals surface area contributed by atoms with Crippen LogP contribution in [0.4, 0.5) is 13.2 Å². The van der Waals surface area contributed by atoms with Crippen molar-refractivity contribution in [3.05, 3.63) is 48.4 Å². The largest absolute Gasteiger partial charge is 0.434 e. The van der Waals surface area contributed by atoms with Gasteiger partial charge in [-0.25, -0.2) is 4.98 Å². The van der Waals surface area contributed by atoms with E-state index in [4.69, 9.17) is 0 Å². The van der Waals surface area contributed by atoms with E-state index in [0.717, 1.165) is 6.07 Å². The van der Waals surface area contributed by atoms with Gasteiger partial charge in [0.05, 0.1) is 11.1 Å². The Kier molecular flexibility index (Phi) is 3.69. The van der Waals surface area contributed by atoms with Gasteiger partial charge in [-0.15, -0.1) is 6.58 Å². The highest BCUT2D eigenvalue weighted by molar-refractivity contribution is 5.98. The Morgan fingerprint density at radius 2 is 2.20 bits per heavy atom. The molecule has 1 N–H and O–H groups in total. The number of pyridine rings is 2. The fourth-order valence-electron chi connectivity index (χ4n) is 1.67. The molecule has 0 aliphatic carbocycles. The Labute approximate surface area is 112 Å². The van der Waals surface area contributed by atoms with Crippen LogP contribution in [-0.4, -0.2) is 22.4 Å². The molecule has 0 fully saturated rings. The van der Waals surface area contributed by atoms with Crippen LogP contribution in [0.3, 0.4) is 0 Å². The molecule has 0 radical (unpaired) electrons. The normalized spacial score (nSPS) is 11.3. The molecule has 2 rings (SSSR count). The summed E-state index contributed by atoms with van der Waals surface area (Å²) in [6, 6.07) is 2.49. The molecule has 0 atom stereocenters. The van der Waals surface area contributed by atoms with Crippen molar-refractivity contribution in [3.63, 3.8) is 0 Å². The van der Waals surface area contributed by atoms with Crippen LogP contribution in [0.25, 0.3) is 10.9 Å². The summed E-state index contributed by atoms with van der Waals surface area (Å²) in [7, 11) is 0. The van der Waals surface area contributed by atoms with E-state index in [1.807, 2.05) is 0 Å². The third kappa shape index (κ3) is 2.76. The Bertz CT molecular complexity index is 667. The first-order valence-electron chi connectivity index (χ1n) is 5.64. The molecule has 2 aromatic rings. The highest BCUT2D eigenvalue weighted by Crippen LogP contribution is 2.32. The molecule has 0 bridgehead atoms. The van der Waals surface area contributed by atoms with Gasteiger partial charge in [-0.1, -0.05) is 6.08 Å². The van der Waals surface area contributed by atoms with Crippen molar-refractivity contribution in [1.82, 2.24) is 15.3 Å². The van der Waals surface area contributed by atoms with Gasteiger partial charge in [0.2, 0.25) is 0 Å². The van der Waals surface area contributed by atoms with Gasteiger partial charge < -0.3 is 5.32 Å². The van der Waals surface area contributed by atoms with Gasteiger partial charge in [0, 0.05) is 24.3 Å². The molecule has 0 aliphatic heterocycles. The van der Waals surface area contributed by atoms with Crippen molar-refractivity contribution in [2.24, 2.45) is 0 Å². The minimum Gasteiger partial charge on any atom is -0.349 e. The lowest BCUT2D eigenvalue weighted by atomic mass is 10.1. The van der Waals surface area contributed by atoms with E-state index in [1.165, 1.54) is 24.5 Å². The molecule has 0 saturated carbocycles. The molecule has 0 spiro atoms. The maximum Gasteiger partial charge on any atom is 0.434 e. The van der Waals surface area contributed by atoms with Crippen LogP contribution in [0.2, 0.25) is 0 Å². The molecule has 4 nitrogen and oxygen atoms in total. The number of fused-ring (bicyclic) bond motifs is 1. The quantitative estimate of drug-likeness (QED) is 0.880. The molecular formula is C13H10F3N3O. The first kappa shape index (κ1) is 14.0. The monoisotopic (exact) mass is 281 g/mol. The Morgan fingerprint density at radius 1 is 1.45 bits per heavy atom. The molecule has 2 aromatic heterocycles. The van der Waals surface area contributed by atoms with Gasteiger partial charge >= 0.3 is 6.18 Å². The summed E-state index contributed by atoms with van der Waals surface area (Å²) in [6.07, 6.45) is -0.640. The second-order valence-electron chi connectivity index (χ2n) is 3.95. The minimum atomic E-state index is -4.71. The number of hydrogen-bond acceptors (Lipinski definition) is 3. The van der Waals surface area contributed by atoms with E-state index in [2.05, 4.69) is 21.9 Å². The molecule has 0 saturated heterocycles. The van der Waals surface area contributed by atoms with E-state index in [-0.39, 0.29) is 12.1 Å². The number of nitrogens with zero attached hydrogens (tertiary/aromatic N) is 2. The first-order chi connectivity index (χ1) is 9.43. The Balaban J connectivity index is 2.60. The highest BCUT2D eigenvalue weighted by atomic mass is 19.4. The van der Waals surface area contributed by atoms with E-state index >= 15 is 0 Å². The number of rotatable bonds is 3. The molecular weight excluding hydrogens is 271 g/mol. The van der Waals surface area contributed by atoms with Crippen LogP contribution < -0.4 is 5.32 Å². The van der Waals surface area contributed by atoms with Crippen LogP contribution in [0.15, 0.2) is 37.2 Å². The zero-order chi connectivity index (χ0) is 14.8. The van der Waals surface area contributed by atoms with Gasteiger partial charge in [0.15, 0.2) is 5.69 Å². The lowest BCUT2D eigenvalue weighted by Crippen LogP contribution is -2.27. The number of amides is 1. The zero-order valence-corrected chi connectivity index (χ0v) is 10.2. The topological polar surface area (TPSA) is 54.9 Å². The smallest absolute Gasteiger partial charge is 0.349 e. The summed E-state index contributed by atoms with van der Waals surface area (Å²) >= 11 is 0. The molecule has 0 unspecified atom stereocenters. The van der Waals surface area contributed by atoms with Crippen LogP contribution in [0, 0.1) is 0 Å². The van der Waals surface area contributed by atoms with E-state index in [1.54, 1.807) is 0 Å². The average molecular weight is 281 g/mol. The number of aromatic nitrogens is 2. The molecule has 1 amide bonds. The lowest BCUT2D eigenvalue weighted by molar-refractivity contribution is -0.141. The highest BCUT2D eigenvalue weighted by Gasteiger charge is 2.37. The fourth-order valence-corrected chi connectivity index (χ4v) is 1.67. The summed E-state index contributed by atoms with van der Waals surface area (Å²) in [6.45, 7) is 3.46. The maximum absolute atomic E-state index is 13.0. The zero-order valence-electron chi connectivity index (χ0n) is 10.2. The lowest BCUT2D eigenvalue weighted by Gasteiger charge is -2.12. The standard InChI is InChI=1S/C13H10F3N3O/c1-2-4-18-12(20)9-6-8-7-17-5-3-10(8)19-11(9)13(14,15)16/h2-3,5-7H,1,4H2,(H,18,20). The molecule has 20 heavy (non-hydrogen) atoms. The van der Waals surface area contributed by atoms with Gasteiger partial charge in [0.1, 0.15) is 0 Å². The first-order valence-corrected chi connectivity index (χ1v) is 5.64. The maximum atomic E-state index is 13.0. The minimum absolute atomic E-state index is 0.0706. The number of hydrogen-bond donors (Lipinski definition) is 1. The molecule has 2 heterocycles. The van der Waals surface area contributed by atoms with Crippen molar-refractivity contribution < 1.29 is 18.0 Å². The van der Waals surface area contributed by atoms with Gasteiger partial charge in [-0.05, 0) is 12.1 Å².